The minimum absolute atomic E-state index is 0.0604. The zero-order valence-corrected chi connectivity index (χ0v) is 14.1. The van der Waals surface area contributed by atoms with Gasteiger partial charge in [-0.3, -0.25) is 9.29 Å². The molecule has 20 heavy (non-hydrogen) atoms. The normalized spacial score (nSPS) is 11.4. The molecule has 0 saturated heterocycles. The molecule has 106 valence electrons. The van der Waals surface area contributed by atoms with Gasteiger partial charge in [0.25, 0.3) is 10.0 Å². The fourth-order valence-corrected chi connectivity index (χ4v) is 4.68. The van der Waals surface area contributed by atoms with Crippen LogP contribution in [0.25, 0.3) is 0 Å². The third kappa shape index (κ3) is 2.93. The number of rotatable bonds is 3. The molecule has 8 heteroatoms. The average Bonchev–Trinajstić information content (AvgIpc) is 2.37. The molecule has 0 amide bonds. The van der Waals surface area contributed by atoms with Crippen LogP contribution in [0.4, 0.5) is 5.69 Å². The Kier molecular flexibility index (Phi) is 4.59. The summed E-state index contributed by atoms with van der Waals surface area (Å²) in [6, 6.07) is 6.14. The van der Waals surface area contributed by atoms with Gasteiger partial charge in [-0.15, -0.1) is 0 Å². The van der Waals surface area contributed by atoms with Gasteiger partial charge in [-0.2, -0.15) is 0 Å². The lowest BCUT2D eigenvalue weighted by Gasteiger charge is -2.20. The van der Waals surface area contributed by atoms with Crippen LogP contribution in [-0.4, -0.2) is 20.4 Å². The standard InChI is InChI=1S/C12H9BrCl2N2O2S/c1-17(9-2-4-16-5-3-9)20(18,19)12-10(14)6-8(13)7-11(12)15/h2-7H,1H3. The van der Waals surface area contributed by atoms with Crippen molar-refractivity contribution >= 4 is 54.8 Å². The highest BCUT2D eigenvalue weighted by molar-refractivity contribution is 9.10. The SMILES string of the molecule is CN(c1ccncc1)S(=O)(=O)c1c(Cl)cc(Br)cc1Cl. The van der Waals surface area contributed by atoms with Gasteiger partial charge in [-0.25, -0.2) is 8.42 Å². The van der Waals surface area contributed by atoms with Crippen molar-refractivity contribution in [3.05, 3.63) is 51.2 Å². The molecular formula is C12H9BrCl2N2O2S. The summed E-state index contributed by atoms with van der Waals surface area (Å²) in [5.41, 5.74) is 0.468. The Labute approximate surface area is 135 Å². The predicted molar refractivity (Wildman–Crippen MR) is 84.0 cm³/mol. The lowest BCUT2D eigenvalue weighted by molar-refractivity contribution is 0.594. The fraction of sp³-hybridized carbons (Fsp3) is 0.0833. The first kappa shape index (κ1) is 15.6. The lowest BCUT2D eigenvalue weighted by Crippen LogP contribution is -2.27. The van der Waals surface area contributed by atoms with Crippen molar-refractivity contribution in [3.8, 4) is 0 Å². The first-order valence-corrected chi connectivity index (χ1v) is 8.36. The van der Waals surface area contributed by atoms with Gasteiger partial charge in [0, 0.05) is 23.9 Å². The van der Waals surface area contributed by atoms with Gasteiger partial charge < -0.3 is 0 Å². The summed E-state index contributed by atoms with van der Waals surface area (Å²) in [4.78, 5) is 3.73. The molecule has 1 heterocycles. The minimum atomic E-state index is -3.85. The molecule has 2 rings (SSSR count). The van der Waals surface area contributed by atoms with Gasteiger partial charge >= 0.3 is 0 Å². The number of aromatic nitrogens is 1. The van der Waals surface area contributed by atoms with E-state index < -0.39 is 10.0 Å². The third-order valence-corrected chi connectivity index (χ3v) is 5.77. The summed E-state index contributed by atoms with van der Waals surface area (Å²) in [6.07, 6.45) is 3.01. The molecule has 0 fully saturated rings. The third-order valence-electron chi connectivity index (χ3n) is 2.61. The van der Waals surface area contributed by atoms with Crippen molar-refractivity contribution in [2.24, 2.45) is 0 Å². The molecule has 2 aromatic rings. The second-order valence-electron chi connectivity index (χ2n) is 3.88. The summed E-state index contributed by atoms with van der Waals surface area (Å²) < 4.78 is 26.9. The quantitative estimate of drug-likeness (QED) is 0.789. The Hall–Kier alpha value is -0.820. The van der Waals surface area contributed by atoms with Gasteiger partial charge in [0.1, 0.15) is 4.90 Å². The lowest BCUT2D eigenvalue weighted by atomic mass is 10.4. The smallest absolute Gasteiger partial charge is 0.267 e. The number of hydrogen-bond acceptors (Lipinski definition) is 3. The first-order valence-electron chi connectivity index (χ1n) is 5.37. The minimum Gasteiger partial charge on any atom is -0.269 e. The number of sulfonamides is 1. The molecule has 0 saturated carbocycles. The monoisotopic (exact) mass is 394 g/mol. The maximum Gasteiger partial charge on any atom is 0.267 e. The summed E-state index contributed by atoms with van der Waals surface area (Å²) in [6.45, 7) is 0. The van der Waals surface area contributed by atoms with E-state index in [0.29, 0.717) is 10.2 Å². The van der Waals surface area contributed by atoms with E-state index in [1.54, 1.807) is 12.1 Å². The molecular weight excluding hydrogens is 387 g/mol. The van der Waals surface area contributed by atoms with Gasteiger partial charge in [-0.1, -0.05) is 39.1 Å². The van der Waals surface area contributed by atoms with E-state index in [9.17, 15) is 8.42 Å². The molecule has 0 aliphatic carbocycles. The van der Waals surface area contributed by atoms with Gasteiger partial charge in [0.2, 0.25) is 0 Å². The maximum absolute atomic E-state index is 12.6. The Morgan fingerprint density at radius 1 is 1.15 bits per heavy atom. The van der Waals surface area contributed by atoms with E-state index in [1.807, 2.05) is 0 Å². The molecule has 0 aliphatic rings. The highest BCUT2D eigenvalue weighted by Gasteiger charge is 2.27. The molecule has 0 atom stereocenters. The molecule has 0 radical (unpaired) electrons. The topological polar surface area (TPSA) is 50.3 Å². The average molecular weight is 396 g/mol. The number of benzene rings is 1. The van der Waals surface area contributed by atoms with E-state index in [1.165, 1.54) is 31.6 Å². The summed E-state index contributed by atoms with van der Waals surface area (Å²) in [7, 11) is -2.42. The van der Waals surface area contributed by atoms with Crippen molar-refractivity contribution in [3.63, 3.8) is 0 Å². The second kappa shape index (κ2) is 5.89. The van der Waals surface area contributed by atoms with E-state index in [2.05, 4.69) is 20.9 Å². The van der Waals surface area contributed by atoms with E-state index in [-0.39, 0.29) is 14.9 Å². The maximum atomic E-state index is 12.6. The van der Waals surface area contributed by atoms with E-state index in [4.69, 9.17) is 23.2 Å². The number of hydrogen-bond donors (Lipinski definition) is 0. The number of anilines is 1. The molecule has 1 aromatic heterocycles. The highest BCUT2D eigenvalue weighted by Crippen LogP contribution is 2.35. The zero-order valence-electron chi connectivity index (χ0n) is 10.2. The Balaban J connectivity index is 2.57. The number of halogens is 3. The van der Waals surface area contributed by atoms with Crippen LogP contribution in [0.15, 0.2) is 46.0 Å². The van der Waals surface area contributed by atoms with Crippen LogP contribution in [0, 0.1) is 0 Å². The second-order valence-corrected chi connectivity index (χ2v) is 7.51. The van der Waals surface area contributed by atoms with E-state index in [0.717, 1.165) is 4.31 Å². The highest BCUT2D eigenvalue weighted by atomic mass is 79.9. The van der Waals surface area contributed by atoms with Crippen LogP contribution >= 0.6 is 39.1 Å². The summed E-state index contributed by atoms with van der Waals surface area (Å²) in [5.74, 6) is 0. The van der Waals surface area contributed by atoms with Crippen LogP contribution in [0.5, 0.6) is 0 Å². The first-order chi connectivity index (χ1) is 9.34. The van der Waals surface area contributed by atoms with Gasteiger partial charge in [-0.05, 0) is 24.3 Å². The molecule has 0 spiro atoms. The molecule has 0 N–H and O–H groups in total. The van der Waals surface area contributed by atoms with Crippen LogP contribution in [-0.2, 0) is 10.0 Å². The molecule has 0 aliphatic heterocycles. The Morgan fingerprint density at radius 3 is 2.15 bits per heavy atom. The van der Waals surface area contributed by atoms with Crippen LogP contribution in [0.2, 0.25) is 10.0 Å². The van der Waals surface area contributed by atoms with Crippen LogP contribution in [0.1, 0.15) is 0 Å². The van der Waals surface area contributed by atoms with Crippen LogP contribution in [0.3, 0.4) is 0 Å². The van der Waals surface area contributed by atoms with Gasteiger partial charge in [0.05, 0.1) is 15.7 Å². The predicted octanol–water partition coefficient (Wildman–Crippen LogP) is 3.98. The number of nitrogens with zero attached hydrogens (tertiary/aromatic N) is 2. The van der Waals surface area contributed by atoms with Crippen molar-refractivity contribution in [2.75, 3.05) is 11.4 Å². The summed E-state index contributed by atoms with van der Waals surface area (Å²) >= 11 is 15.2. The van der Waals surface area contributed by atoms with Crippen LogP contribution < -0.4 is 4.31 Å². The Morgan fingerprint density at radius 2 is 1.65 bits per heavy atom. The molecule has 0 unspecified atom stereocenters. The largest absolute Gasteiger partial charge is 0.269 e. The number of pyridine rings is 1. The zero-order chi connectivity index (χ0) is 14.9. The molecule has 4 nitrogen and oxygen atoms in total. The molecule has 1 aromatic carbocycles. The molecule has 0 bridgehead atoms. The fourth-order valence-electron chi connectivity index (χ4n) is 1.61. The van der Waals surface area contributed by atoms with Crippen molar-refractivity contribution in [1.82, 2.24) is 4.98 Å². The van der Waals surface area contributed by atoms with Crippen molar-refractivity contribution < 1.29 is 8.42 Å². The Bertz CT molecular complexity index is 715. The van der Waals surface area contributed by atoms with Gasteiger partial charge in [0.15, 0.2) is 0 Å². The van der Waals surface area contributed by atoms with E-state index >= 15 is 0 Å². The van der Waals surface area contributed by atoms with Crippen molar-refractivity contribution in [1.29, 1.82) is 0 Å². The summed E-state index contributed by atoms with van der Waals surface area (Å²) in [5, 5.41) is 0.121. The van der Waals surface area contributed by atoms with Crippen molar-refractivity contribution in [2.45, 2.75) is 4.90 Å².